The third kappa shape index (κ3) is 3.53. The first kappa shape index (κ1) is 18.3. The van der Waals surface area contributed by atoms with Crippen LogP contribution >= 0.6 is 0 Å². The third-order valence-electron chi connectivity index (χ3n) is 6.14. The number of nitrogens with one attached hydrogen (secondary N) is 2. The van der Waals surface area contributed by atoms with Crippen LogP contribution < -0.4 is 15.5 Å². The molecule has 2 aliphatic rings. The molecular weight excluding hydrogens is 364 g/mol. The lowest BCUT2D eigenvalue weighted by atomic mass is 9.88. The summed E-state index contributed by atoms with van der Waals surface area (Å²) in [6.07, 6.45) is 10.5. The highest BCUT2D eigenvalue weighted by Gasteiger charge is 2.39. The fraction of sp³-hybridized carbons (Fsp3) is 0.524. The zero-order valence-electron chi connectivity index (χ0n) is 17.1. The molecule has 0 saturated carbocycles. The molecule has 1 unspecified atom stereocenters. The van der Waals surface area contributed by atoms with Crippen LogP contribution in [0.15, 0.2) is 30.9 Å². The number of hydrogen-bond acceptors (Lipinski definition) is 7. The Morgan fingerprint density at radius 1 is 1.14 bits per heavy atom. The molecule has 2 saturated heterocycles. The summed E-state index contributed by atoms with van der Waals surface area (Å²) in [6.45, 7) is 7.39. The Labute approximate surface area is 170 Å². The maximum Gasteiger partial charge on any atom is 0.227 e. The van der Waals surface area contributed by atoms with Gasteiger partial charge in [0.25, 0.3) is 0 Å². The highest BCUT2D eigenvalue weighted by molar-refractivity contribution is 5.78. The van der Waals surface area contributed by atoms with E-state index in [1.807, 2.05) is 24.7 Å². The molecule has 0 aliphatic carbocycles. The van der Waals surface area contributed by atoms with Gasteiger partial charge in [-0.05, 0) is 45.7 Å². The molecule has 1 spiro atoms. The number of rotatable bonds is 4. The van der Waals surface area contributed by atoms with Crippen molar-refractivity contribution in [1.29, 1.82) is 0 Å². The van der Waals surface area contributed by atoms with Gasteiger partial charge in [0.15, 0.2) is 0 Å². The van der Waals surface area contributed by atoms with E-state index < -0.39 is 0 Å². The Bertz CT molecular complexity index is 1000. The number of fused-ring (bicyclic) bond motifs is 1. The van der Waals surface area contributed by atoms with E-state index in [1.54, 1.807) is 6.20 Å². The van der Waals surface area contributed by atoms with Crippen molar-refractivity contribution in [3.8, 4) is 0 Å². The molecule has 8 nitrogen and oxygen atoms in total. The van der Waals surface area contributed by atoms with Gasteiger partial charge in [-0.2, -0.15) is 4.98 Å². The van der Waals surface area contributed by atoms with E-state index in [0.29, 0.717) is 6.04 Å². The van der Waals surface area contributed by atoms with Crippen molar-refractivity contribution in [2.45, 2.75) is 51.1 Å². The summed E-state index contributed by atoms with van der Waals surface area (Å²) in [7, 11) is 0. The maximum atomic E-state index is 4.77. The molecule has 5 heterocycles. The van der Waals surface area contributed by atoms with Gasteiger partial charge in [0.2, 0.25) is 5.95 Å². The standard InChI is InChI=1S/C21H28N8/c1-15(2)29-14-24-16-12-23-19(11-17(16)29)26-18-5-9-22-20(27-18)28-10-7-21(13-28)6-3-4-8-25-21/h5,9,11-12,14-15,25H,3-4,6-8,10,13H2,1-2H3,(H,22,23,26,27). The predicted octanol–water partition coefficient (Wildman–Crippen LogP) is 3.27. The van der Waals surface area contributed by atoms with Crippen molar-refractivity contribution in [3.63, 3.8) is 0 Å². The summed E-state index contributed by atoms with van der Waals surface area (Å²) in [4.78, 5) is 20.5. The molecule has 152 valence electrons. The molecule has 1 atom stereocenters. The predicted molar refractivity (Wildman–Crippen MR) is 115 cm³/mol. The van der Waals surface area contributed by atoms with Crippen LogP contribution in [0.3, 0.4) is 0 Å². The largest absolute Gasteiger partial charge is 0.339 e. The topological polar surface area (TPSA) is 83.8 Å². The minimum absolute atomic E-state index is 0.243. The quantitative estimate of drug-likeness (QED) is 0.705. The molecule has 8 heteroatoms. The Balaban J connectivity index is 1.35. The SMILES string of the molecule is CC(C)n1cnc2cnc(Nc3ccnc(N4CCC5(CCCCN5)C4)n3)cc21. The summed E-state index contributed by atoms with van der Waals surface area (Å²) >= 11 is 0. The maximum absolute atomic E-state index is 4.77. The number of aromatic nitrogens is 5. The summed E-state index contributed by atoms with van der Waals surface area (Å²) in [6, 6.07) is 4.26. The van der Waals surface area contributed by atoms with Crippen LogP contribution in [0.2, 0.25) is 0 Å². The lowest BCUT2D eigenvalue weighted by Crippen LogP contribution is -2.50. The molecule has 0 amide bonds. The molecule has 2 aliphatic heterocycles. The lowest BCUT2D eigenvalue weighted by Gasteiger charge is -2.34. The average molecular weight is 393 g/mol. The summed E-state index contributed by atoms with van der Waals surface area (Å²) < 4.78 is 2.15. The number of imidazole rings is 1. The molecule has 2 N–H and O–H groups in total. The van der Waals surface area contributed by atoms with Crippen molar-refractivity contribution in [3.05, 3.63) is 30.9 Å². The number of piperidine rings is 1. The molecular formula is C21H28N8. The van der Waals surface area contributed by atoms with Crippen molar-refractivity contribution < 1.29 is 0 Å². The fourth-order valence-electron chi connectivity index (χ4n) is 4.53. The van der Waals surface area contributed by atoms with Gasteiger partial charge in [-0.25, -0.2) is 15.0 Å². The minimum Gasteiger partial charge on any atom is -0.339 e. The summed E-state index contributed by atoms with van der Waals surface area (Å²) in [5.41, 5.74) is 2.21. The van der Waals surface area contributed by atoms with Gasteiger partial charge in [-0.1, -0.05) is 6.42 Å². The first-order valence-electron chi connectivity index (χ1n) is 10.5. The van der Waals surface area contributed by atoms with Crippen molar-refractivity contribution in [2.24, 2.45) is 0 Å². The molecule has 0 bridgehead atoms. The van der Waals surface area contributed by atoms with E-state index in [1.165, 1.54) is 19.3 Å². The Morgan fingerprint density at radius 2 is 2.07 bits per heavy atom. The number of hydrogen-bond donors (Lipinski definition) is 2. The highest BCUT2D eigenvalue weighted by Crippen LogP contribution is 2.31. The van der Waals surface area contributed by atoms with Crippen LogP contribution in [0.1, 0.15) is 45.6 Å². The molecule has 29 heavy (non-hydrogen) atoms. The normalized spacial score (nSPS) is 22.1. The summed E-state index contributed by atoms with van der Waals surface area (Å²) in [5, 5.41) is 7.09. The first-order valence-corrected chi connectivity index (χ1v) is 10.5. The van der Waals surface area contributed by atoms with Gasteiger partial charge in [-0.3, -0.25) is 0 Å². The van der Waals surface area contributed by atoms with E-state index in [-0.39, 0.29) is 5.54 Å². The van der Waals surface area contributed by atoms with Crippen LogP contribution in [0.25, 0.3) is 11.0 Å². The van der Waals surface area contributed by atoms with Crippen molar-refractivity contribution in [1.82, 2.24) is 29.8 Å². The van der Waals surface area contributed by atoms with E-state index in [9.17, 15) is 0 Å². The minimum atomic E-state index is 0.243. The van der Waals surface area contributed by atoms with Gasteiger partial charge >= 0.3 is 0 Å². The van der Waals surface area contributed by atoms with Gasteiger partial charge in [-0.15, -0.1) is 0 Å². The van der Waals surface area contributed by atoms with Gasteiger partial charge < -0.3 is 20.1 Å². The average Bonchev–Trinajstić information content (AvgIpc) is 3.33. The van der Waals surface area contributed by atoms with E-state index in [0.717, 1.165) is 54.7 Å². The monoisotopic (exact) mass is 392 g/mol. The zero-order valence-corrected chi connectivity index (χ0v) is 17.1. The Morgan fingerprint density at radius 3 is 2.90 bits per heavy atom. The zero-order chi connectivity index (χ0) is 19.8. The third-order valence-corrected chi connectivity index (χ3v) is 6.14. The van der Waals surface area contributed by atoms with Crippen LogP contribution in [-0.2, 0) is 0 Å². The molecule has 2 fully saturated rings. The second-order valence-corrected chi connectivity index (χ2v) is 8.51. The first-order chi connectivity index (χ1) is 14.1. The van der Waals surface area contributed by atoms with Crippen molar-refractivity contribution >= 4 is 28.6 Å². The van der Waals surface area contributed by atoms with Crippen LogP contribution in [-0.4, -0.2) is 49.7 Å². The summed E-state index contributed by atoms with van der Waals surface area (Å²) in [5.74, 6) is 2.30. The number of nitrogens with zero attached hydrogens (tertiary/aromatic N) is 6. The number of anilines is 3. The second-order valence-electron chi connectivity index (χ2n) is 8.51. The van der Waals surface area contributed by atoms with Gasteiger partial charge in [0.05, 0.1) is 18.0 Å². The van der Waals surface area contributed by atoms with Crippen LogP contribution in [0.4, 0.5) is 17.6 Å². The second kappa shape index (κ2) is 7.26. The van der Waals surface area contributed by atoms with Crippen LogP contribution in [0, 0.1) is 0 Å². The lowest BCUT2D eigenvalue weighted by molar-refractivity contribution is 0.280. The van der Waals surface area contributed by atoms with E-state index >= 15 is 0 Å². The number of pyridine rings is 1. The van der Waals surface area contributed by atoms with Gasteiger partial charge in [0.1, 0.15) is 17.2 Å². The fourth-order valence-corrected chi connectivity index (χ4v) is 4.53. The molecule has 0 radical (unpaired) electrons. The van der Waals surface area contributed by atoms with Gasteiger partial charge in [0, 0.05) is 36.9 Å². The van der Waals surface area contributed by atoms with E-state index in [4.69, 9.17) is 4.98 Å². The Kier molecular flexibility index (Phi) is 4.58. The van der Waals surface area contributed by atoms with Crippen LogP contribution in [0.5, 0.6) is 0 Å². The smallest absolute Gasteiger partial charge is 0.227 e. The molecule has 3 aromatic rings. The molecule has 5 rings (SSSR count). The molecule has 3 aromatic heterocycles. The van der Waals surface area contributed by atoms with Crippen molar-refractivity contribution in [2.75, 3.05) is 29.9 Å². The Hall–Kier alpha value is -2.74. The molecule has 0 aromatic carbocycles. The highest BCUT2D eigenvalue weighted by atomic mass is 15.3. The van der Waals surface area contributed by atoms with E-state index in [2.05, 4.69) is 48.9 Å².